The molecule has 0 saturated carbocycles. The molecule has 1 aromatic heterocycles. The van der Waals surface area contributed by atoms with Gasteiger partial charge in [0, 0.05) is 18.7 Å². The molecule has 3 heterocycles. The zero-order chi connectivity index (χ0) is 15.9. The standard InChI is InChI=1S/C17H22N4O2/c22-16(13-3-4-14-15(9-13)19-12-18-14)21-8-5-17(23,11-21)10-20-6-1-2-7-20/h3-4,9,12,23H,1-2,5-8,10-11H2,(H,18,19). The number of fused-ring (bicyclic) bond motifs is 1. The SMILES string of the molecule is O=C(c1ccc2nc[nH]c2c1)N1CCC(O)(CN2CCCC2)C1. The van der Waals surface area contributed by atoms with E-state index < -0.39 is 5.60 Å². The van der Waals surface area contributed by atoms with Gasteiger partial charge in [0.05, 0.1) is 29.5 Å². The number of H-pyrrole nitrogens is 1. The van der Waals surface area contributed by atoms with Crippen molar-refractivity contribution < 1.29 is 9.90 Å². The third kappa shape index (κ3) is 2.84. The van der Waals surface area contributed by atoms with Crippen molar-refractivity contribution in [2.75, 3.05) is 32.7 Å². The molecule has 1 atom stereocenters. The second kappa shape index (κ2) is 5.62. The summed E-state index contributed by atoms with van der Waals surface area (Å²) in [6.07, 6.45) is 4.71. The number of likely N-dealkylation sites (tertiary alicyclic amines) is 2. The fraction of sp³-hybridized carbons (Fsp3) is 0.529. The molecule has 2 fully saturated rings. The maximum absolute atomic E-state index is 12.7. The van der Waals surface area contributed by atoms with Crippen LogP contribution in [0.3, 0.4) is 0 Å². The smallest absolute Gasteiger partial charge is 0.254 e. The molecular weight excluding hydrogens is 292 g/mol. The Morgan fingerprint density at radius 1 is 1.30 bits per heavy atom. The highest BCUT2D eigenvalue weighted by Crippen LogP contribution is 2.26. The minimum atomic E-state index is -0.766. The molecule has 2 N–H and O–H groups in total. The fourth-order valence-electron chi connectivity index (χ4n) is 3.77. The van der Waals surface area contributed by atoms with Crippen LogP contribution in [-0.2, 0) is 0 Å². The molecule has 2 aromatic rings. The van der Waals surface area contributed by atoms with Gasteiger partial charge in [0.1, 0.15) is 0 Å². The molecule has 0 spiro atoms. The van der Waals surface area contributed by atoms with Crippen LogP contribution in [0.5, 0.6) is 0 Å². The van der Waals surface area contributed by atoms with Crippen molar-refractivity contribution in [3.8, 4) is 0 Å². The quantitative estimate of drug-likeness (QED) is 0.894. The number of aromatic nitrogens is 2. The molecule has 0 bridgehead atoms. The summed E-state index contributed by atoms with van der Waals surface area (Å²) in [5.74, 6) is -0.0150. The Morgan fingerprint density at radius 2 is 2.13 bits per heavy atom. The van der Waals surface area contributed by atoms with Gasteiger partial charge in [0.25, 0.3) is 5.91 Å². The number of hydrogen-bond acceptors (Lipinski definition) is 4. The van der Waals surface area contributed by atoms with Crippen LogP contribution in [0, 0.1) is 0 Å². The third-order valence-electron chi connectivity index (χ3n) is 5.00. The van der Waals surface area contributed by atoms with E-state index in [1.807, 2.05) is 18.2 Å². The van der Waals surface area contributed by atoms with E-state index in [0.29, 0.717) is 31.6 Å². The van der Waals surface area contributed by atoms with Gasteiger partial charge < -0.3 is 19.9 Å². The topological polar surface area (TPSA) is 72.5 Å². The van der Waals surface area contributed by atoms with Crippen LogP contribution in [0.2, 0.25) is 0 Å². The summed E-state index contributed by atoms with van der Waals surface area (Å²) in [5.41, 5.74) is 1.60. The zero-order valence-corrected chi connectivity index (χ0v) is 13.2. The summed E-state index contributed by atoms with van der Waals surface area (Å²) in [6, 6.07) is 5.50. The van der Waals surface area contributed by atoms with Gasteiger partial charge in [-0.15, -0.1) is 0 Å². The normalized spacial score (nSPS) is 25.5. The molecule has 0 radical (unpaired) electrons. The number of imidazole rings is 1. The van der Waals surface area contributed by atoms with E-state index in [-0.39, 0.29) is 5.91 Å². The number of nitrogens with one attached hydrogen (secondary N) is 1. The van der Waals surface area contributed by atoms with Crippen molar-refractivity contribution in [2.45, 2.75) is 24.9 Å². The van der Waals surface area contributed by atoms with Crippen molar-refractivity contribution in [1.82, 2.24) is 19.8 Å². The molecule has 23 heavy (non-hydrogen) atoms. The maximum atomic E-state index is 12.7. The van der Waals surface area contributed by atoms with Crippen molar-refractivity contribution >= 4 is 16.9 Å². The van der Waals surface area contributed by atoms with Gasteiger partial charge in [-0.2, -0.15) is 0 Å². The number of hydrogen-bond donors (Lipinski definition) is 2. The van der Waals surface area contributed by atoms with Gasteiger partial charge in [0.15, 0.2) is 0 Å². The summed E-state index contributed by atoms with van der Waals surface area (Å²) >= 11 is 0. The van der Waals surface area contributed by atoms with Crippen LogP contribution in [0.4, 0.5) is 0 Å². The number of carbonyl (C=O) groups excluding carboxylic acids is 1. The van der Waals surface area contributed by atoms with Crippen molar-refractivity contribution in [3.63, 3.8) is 0 Å². The number of β-amino-alcohol motifs (C(OH)–C–C–N with tert-alkyl or cyclic N) is 1. The van der Waals surface area contributed by atoms with E-state index in [1.54, 1.807) is 11.2 Å². The Bertz CT molecular complexity index is 722. The molecule has 6 nitrogen and oxygen atoms in total. The Labute approximate surface area is 135 Å². The second-order valence-corrected chi connectivity index (χ2v) is 6.82. The third-order valence-corrected chi connectivity index (χ3v) is 5.00. The molecular formula is C17H22N4O2. The number of rotatable bonds is 3. The summed E-state index contributed by atoms with van der Waals surface area (Å²) < 4.78 is 0. The molecule has 2 aliphatic rings. The monoisotopic (exact) mass is 314 g/mol. The summed E-state index contributed by atoms with van der Waals surface area (Å²) in [7, 11) is 0. The second-order valence-electron chi connectivity index (χ2n) is 6.82. The number of aromatic amines is 1. The number of amides is 1. The Morgan fingerprint density at radius 3 is 2.96 bits per heavy atom. The van der Waals surface area contributed by atoms with Crippen molar-refractivity contribution in [2.24, 2.45) is 0 Å². The number of carbonyl (C=O) groups is 1. The maximum Gasteiger partial charge on any atom is 0.254 e. The summed E-state index contributed by atoms with van der Waals surface area (Å²) in [5, 5.41) is 10.8. The van der Waals surface area contributed by atoms with Crippen LogP contribution >= 0.6 is 0 Å². The average molecular weight is 314 g/mol. The Balaban J connectivity index is 1.46. The summed E-state index contributed by atoms with van der Waals surface area (Å²) in [6.45, 7) is 3.84. The zero-order valence-electron chi connectivity index (χ0n) is 13.2. The van der Waals surface area contributed by atoms with E-state index >= 15 is 0 Å². The molecule has 2 aliphatic heterocycles. The van der Waals surface area contributed by atoms with E-state index in [9.17, 15) is 9.90 Å². The number of nitrogens with zero attached hydrogens (tertiary/aromatic N) is 3. The molecule has 2 saturated heterocycles. The lowest BCUT2D eigenvalue weighted by molar-refractivity contribution is 0.0175. The molecule has 6 heteroatoms. The Hall–Kier alpha value is -1.92. The molecule has 1 unspecified atom stereocenters. The molecule has 1 aromatic carbocycles. The van der Waals surface area contributed by atoms with Crippen LogP contribution in [-0.4, -0.2) is 69.1 Å². The van der Waals surface area contributed by atoms with E-state index in [1.165, 1.54) is 12.8 Å². The number of benzene rings is 1. The minimum absolute atomic E-state index is 0.0150. The minimum Gasteiger partial charge on any atom is -0.387 e. The molecule has 1 amide bonds. The van der Waals surface area contributed by atoms with Gasteiger partial charge in [-0.1, -0.05) is 0 Å². The van der Waals surface area contributed by atoms with Crippen molar-refractivity contribution in [1.29, 1.82) is 0 Å². The predicted octanol–water partition coefficient (Wildman–Crippen LogP) is 1.24. The highest BCUT2D eigenvalue weighted by Gasteiger charge is 2.40. The average Bonchev–Trinajstić information content (AvgIpc) is 3.27. The lowest BCUT2D eigenvalue weighted by Crippen LogP contribution is -2.45. The predicted molar refractivity (Wildman–Crippen MR) is 87.2 cm³/mol. The largest absolute Gasteiger partial charge is 0.387 e. The van der Waals surface area contributed by atoms with E-state index in [4.69, 9.17) is 0 Å². The van der Waals surface area contributed by atoms with Gasteiger partial charge in [0.2, 0.25) is 0 Å². The molecule has 122 valence electrons. The van der Waals surface area contributed by atoms with Crippen LogP contribution in [0.15, 0.2) is 24.5 Å². The van der Waals surface area contributed by atoms with Crippen LogP contribution < -0.4 is 0 Å². The van der Waals surface area contributed by atoms with E-state index in [0.717, 1.165) is 24.1 Å². The van der Waals surface area contributed by atoms with Gasteiger partial charge in [-0.25, -0.2) is 4.98 Å². The van der Waals surface area contributed by atoms with Gasteiger partial charge in [-0.3, -0.25) is 4.79 Å². The Kier molecular flexibility index (Phi) is 3.58. The first kappa shape index (κ1) is 14.7. The van der Waals surface area contributed by atoms with Crippen molar-refractivity contribution in [3.05, 3.63) is 30.1 Å². The lowest BCUT2D eigenvalue weighted by atomic mass is 10.0. The first-order valence-electron chi connectivity index (χ1n) is 8.30. The highest BCUT2D eigenvalue weighted by atomic mass is 16.3. The highest BCUT2D eigenvalue weighted by molar-refractivity contribution is 5.97. The van der Waals surface area contributed by atoms with Crippen LogP contribution in [0.1, 0.15) is 29.6 Å². The van der Waals surface area contributed by atoms with Gasteiger partial charge in [-0.05, 0) is 50.6 Å². The first-order chi connectivity index (χ1) is 11.1. The van der Waals surface area contributed by atoms with Crippen LogP contribution in [0.25, 0.3) is 11.0 Å². The van der Waals surface area contributed by atoms with E-state index in [2.05, 4.69) is 14.9 Å². The molecule has 4 rings (SSSR count). The first-order valence-corrected chi connectivity index (χ1v) is 8.30. The fourth-order valence-corrected chi connectivity index (χ4v) is 3.77. The number of aliphatic hydroxyl groups is 1. The lowest BCUT2D eigenvalue weighted by Gasteiger charge is -2.28. The van der Waals surface area contributed by atoms with Gasteiger partial charge >= 0.3 is 0 Å². The summed E-state index contributed by atoms with van der Waals surface area (Å²) in [4.78, 5) is 24.0. The molecule has 0 aliphatic carbocycles.